The molecule has 0 aromatic heterocycles. The van der Waals surface area contributed by atoms with Gasteiger partial charge < -0.3 is 4.90 Å². The van der Waals surface area contributed by atoms with Crippen LogP contribution in [0.1, 0.15) is 15.9 Å². The molecule has 27 heavy (non-hydrogen) atoms. The van der Waals surface area contributed by atoms with Gasteiger partial charge in [-0.1, -0.05) is 18.2 Å². The molecule has 0 saturated carbocycles. The minimum atomic E-state index is -3.27. The van der Waals surface area contributed by atoms with Gasteiger partial charge in [-0.05, 0) is 48.0 Å². The lowest BCUT2D eigenvalue weighted by atomic mass is 10.1. The molecule has 2 aromatic rings. The Labute approximate surface area is 170 Å². The van der Waals surface area contributed by atoms with Crippen molar-refractivity contribution >= 4 is 50.6 Å². The van der Waals surface area contributed by atoms with Gasteiger partial charge in [-0.25, -0.2) is 8.42 Å². The summed E-state index contributed by atoms with van der Waals surface area (Å²) in [5, 5.41) is 0. The number of alkyl halides is 2. The van der Waals surface area contributed by atoms with Gasteiger partial charge in [0.2, 0.25) is 0 Å². The average molecular weight is 426 g/mol. The first-order valence-corrected chi connectivity index (χ1v) is 11.3. The van der Waals surface area contributed by atoms with Crippen LogP contribution in [0.3, 0.4) is 0 Å². The smallest absolute Gasteiger partial charge is 0.185 e. The van der Waals surface area contributed by atoms with E-state index in [0.717, 1.165) is 17.5 Å². The summed E-state index contributed by atoms with van der Waals surface area (Å²) >= 11 is 11.6. The van der Waals surface area contributed by atoms with Crippen molar-refractivity contribution in [2.24, 2.45) is 0 Å². The number of carbonyl (C=O) groups excluding carboxylic acids is 1. The van der Waals surface area contributed by atoms with Crippen molar-refractivity contribution in [2.75, 3.05) is 36.0 Å². The molecule has 4 nitrogen and oxygen atoms in total. The Morgan fingerprint density at radius 2 is 1.52 bits per heavy atom. The lowest BCUT2D eigenvalue weighted by molar-refractivity contribution is 0.104. The number of hydrogen-bond acceptors (Lipinski definition) is 4. The van der Waals surface area contributed by atoms with Crippen LogP contribution in [-0.4, -0.2) is 45.3 Å². The van der Waals surface area contributed by atoms with E-state index in [1.807, 2.05) is 24.3 Å². The Balaban J connectivity index is 2.07. The minimum Gasteiger partial charge on any atom is -0.369 e. The van der Waals surface area contributed by atoms with Crippen molar-refractivity contribution in [3.05, 3.63) is 65.7 Å². The number of nitrogens with zero attached hydrogens (tertiary/aromatic N) is 1. The van der Waals surface area contributed by atoms with Gasteiger partial charge in [0, 0.05) is 42.4 Å². The molecule has 144 valence electrons. The second kappa shape index (κ2) is 9.93. The highest BCUT2D eigenvalue weighted by atomic mass is 35.5. The number of ketones is 1. The number of rotatable bonds is 9. The summed E-state index contributed by atoms with van der Waals surface area (Å²) in [6.45, 7) is 1.43. The second-order valence-corrected chi connectivity index (χ2v) is 8.72. The highest BCUT2D eigenvalue weighted by molar-refractivity contribution is 7.90. The molecule has 0 aliphatic heterocycles. The van der Waals surface area contributed by atoms with Crippen LogP contribution in [-0.2, 0) is 9.84 Å². The highest BCUT2D eigenvalue weighted by Gasteiger charge is 2.08. The van der Waals surface area contributed by atoms with Crippen molar-refractivity contribution in [2.45, 2.75) is 4.90 Å². The topological polar surface area (TPSA) is 54.5 Å². The van der Waals surface area contributed by atoms with Crippen LogP contribution in [0.5, 0.6) is 0 Å². The van der Waals surface area contributed by atoms with E-state index < -0.39 is 9.84 Å². The second-order valence-electron chi connectivity index (χ2n) is 5.95. The molecule has 7 heteroatoms. The first-order chi connectivity index (χ1) is 12.8. The monoisotopic (exact) mass is 425 g/mol. The normalized spacial score (nSPS) is 11.7. The molecule has 0 radical (unpaired) electrons. The van der Waals surface area contributed by atoms with Crippen LogP contribution < -0.4 is 4.90 Å². The number of anilines is 1. The zero-order valence-electron chi connectivity index (χ0n) is 14.9. The number of carbonyl (C=O) groups is 1. The van der Waals surface area contributed by atoms with E-state index in [9.17, 15) is 13.2 Å². The van der Waals surface area contributed by atoms with Crippen LogP contribution >= 0.6 is 23.2 Å². The van der Waals surface area contributed by atoms with E-state index in [1.54, 1.807) is 6.08 Å². The molecular weight excluding hydrogens is 405 g/mol. The van der Waals surface area contributed by atoms with Gasteiger partial charge >= 0.3 is 0 Å². The van der Waals surface area contributed by atoms with Gasteiger partial charge in [0.1, 0.15) is 0 Å². The van der Waals surface area contributed by atoms with Gasteiger partial charge in [-0.15, -0.1) is 23.2 Å². The van der Waals surface area contributed by atoms with Crippen molar-refractivity contribution in [3.8, 4) is 0 Å². The van der Waals surface area contributed by atoms with Crippen molar-refractivity contribution in [3.63, 3.8) is 0 Å². The third-order valence-electron chi connectivity index (χ3n) is 3.96. The van der Waals surface area contributed by atoms with E-state index in [-0.39, 0.29) is 10.7 Å². The third kappa shape index (κ3) is 6.38. The van der Waals surface area contributed by atoms with E-state index in [4.69, 9.17) is 23.2 Å². The number of allylic oxidation sites excluding steroid dienone is 1. The highest BCUT2D eigenvalue weighted by Crippen LogP contribution is 2.17. The molecule has 0 aliphatic carbocycles. The zero-order valence-corrected chi connectivity index (χ0v) is 17.3. The first-order valence-electron chi connectivity index (χ1n) is 8.34. The fourth-order valence-electron chi connectivity index (χ4n) is 2.50. The predicted octanol–water partition coefficient (Wildman–Crippen LogP) is 4.27. The SMILES string of the molecule is CS(=O)(=O)c1ccc(C(=O)C=Cc2ccc(N(CCCl)CCCl)cc2)cc1. The van der Waals surface area contributed by atoms with Crippen molar-refractivity contribution in [1.29, 1.82) is 0 Å². The molecule has 0 bridgehead atoms. The van der Waals surface area contributed by atoms with Gasteiger partial charge in [0.25, 0.3) is 0 Å². The lowest BCUT2D eigenvalue weighted by Crippen LogP contribution is -2.27. The summed E-state index contributed by atoms with van der Waals surface area (Å²) in [6, 6.07) is 13.7. The van der Waals surface area contributed by atoms with Crippen LogP contribution in [0, 0.1) is 0 Å². The lowest BCUT2D eigenvalue weighted by Gasteiger charge is -2.22. The summed E-state index contributed by atoms with van der Waals surface area (Å²) in [5.41, 5.74) is 2.35. The maximum absolute atomic E-state index is 12.3. The minimum absolute atomic E-state index is 0.190. The molecule has 0 unspecified atom stereocenters. The van der Waals surface area contributed by atoms with E-state index in [2.05, 4.69) is 4.90 Å². The Morgan fingerprint density at radius 1 is 0.963 bits per heavy atom. The predicted molar refractivity (Wildman–Crippen MR) is 113 cm³/mol. The van der Waals surface area contributed by atoms with Crippen LogP contribution in [0.25, 0.3) is 6.08 Å². The number of sulfone groups is 1. The summed E-state index contributed by atoms with van der Waals surface area (Å²) in [5.74, 6) is 0.848. The largest absolute Gasteiger partial charge is 0.369 e. The number of benzene rings is 2. The van der Waals surface area contributed by atoms with E-state index >= 15 is 0 Å². The summed E-state index contributed by atoms with van der Waals surface area (Å²) < 4.78 is 22.9. The van der Waals surface area contributed by atoms with Crippen molar-refractivity contribution < 1.29 is 13.2 Å². The van der Waals surface area contributed by atoms with Crippen LogP contribution in [0.4, 0.5) is 5.69 Å². The van der Waals surface area contributed by atoms with Crippen LogP contribution in [0.15, 0.2) is 59.5 Å². The van der Waals surface area contributed by atoms with Crippen LogP contribution in [0.2, 0.25) is 0 Å². The summed E-state index contributed by atoms with van der Waals surface area (Å²) in [4.78, 5) is 14.5. The fraction of sp³-hybridized carbons (Fsp3) is 0.250. The van der Waals surface area contributed by atoms with E-state index in [1.165, 1.54) is 30.3 Å². The average Bonchev–Trinajstić information content (AvgIpc) is 2.66. The molecule has 0 saturated heterocycles. The quantitative estimate of drug-likeness (QED) is 0.341. The van der Waals surface area contributed by atoms with Gasteiger partial charge in [-0.2, -0.15) is 0 Å². The van der Waals surface area contributed by atoms with Crippen molar-refractivity contribution in [1.82, 2.24) is 0 Å². The molecule has 2 aromatic carbocycles. The molecule has 0 N–H and O–H groups in total. The Kier molecular flexibility index (Phi) is 7.90. The molecule has 0 atom stereocenters. The van der Waals surface area contributed by atoms with Gasteiger partial charge in [0.05, 0.1) is 4.90 Å². The first kappa shape index (κ1) is 21.5. The standard InChI is InChI=1S/C20H21Cl2NO3S/c1-27(25,26)19-9-5-17(6-10-19)20(24)11-4-16-2-7-18(8-3-16)23(14-12-21)15-13-22/h2-11H,12-15H2,1H3. The molecule has 2 rings (SSSR count). The molecular formula is C20H21Cl2NO3S. The summed E-state index contributed by atoms with van der Waals surface area (Å²) in [7, 11) is -3.27. The molecule has 0 spiro atoms. The maximum Gasteiger partial charge on any atom is 0.185 e. The van der Waals surface area contributed by atoms with E-state index in [0.29, 0.717) is 30.4 Å². The number of hydrogen-bond donors (Lipinski definition) is 0. The molecule has 0 amide bonds. The Hall–Kier alpha value is -1.82. The molecule has 0 aliphatic rings. The van der Waals surface area contributed by atoms with Gasteiger partial charge in [0.15, 0.2) is 15.6 Å². The van der Waals surface area contributed by atoms with Gasteiger partial charge in [-0.3, -0.25) is 4.79 Å². The fourth-order valence-corrected chi connectivity index (χ4v) is 3.54. The Bertz CT molecular complexity index is 886. The molecule has 0 heterocycles. The molecule has 0 fully saturated rings. The third-order valence-corrected chi connectivity index (χ3v) is 5.43. The number of halogens is 2. The zero-order chi connectivity index (χ0) is 19.9. The maximum atomic E-state index is 12.3. The Morgan fingerprint density at radius 3 is 2.00 bits per heavy atom. The summed E-state index contributed by atoms with van der Waals surface area (Å²) in [6.07, 6.45) is 4.33.